The predicted molar refractivity (Wildman–Crippen MR) is 78.0 cm³/mol. The van der Waals surface area contributed by atoms with Gasteiger partial charge >= 0.3 is 0 Å². The quantitative estimate of drug-likeness (QED) is 0.784. The Morgan fingerprint density at radius 3 is 2.55 bits per heavy atom. The van der Waals surface area contributed by atoms with Crippen molar-refractivity contribution in [3.05, 3.63) is 29.8 Å². The van der Waals surface area contributed by atoms with Gasteiger partial charge < -0.3 is 4.74 Å². The summed E-state index contributed by atoms with van der Waals surface area (Å²) in [6.45, 7) is 2.65. The summed E-state index contributed by atoms with van der Waals surface area (Å²) in [5.41, 5.74) is 0.448. The minimum Gasteiger partial charge on any atom is -0.494 e. The lowest BCUT2D eigenvalue weighted by Crippen LogP contribution is -2.35. The Balaban J connectivity index is 2.12. The van der Waals surface area contributed by atoms with Crippen molar-refractivity contribution in [2.45, 2.75) is 37.9 Å². The fourth-order valence-electron chi connectivity index (χ4n) is 2.37. The molecular weight excluding hydrogens is 276 g/mol. The van der Waals surface area contributed by atoms with E-state index in [4.69, 9.17) is 4.74 Å². The summed E-state index contributed by atoms with van der Waals surface area (Å²) in [4.78, 5) is 12.3. The first-order valence-electron chi connectivity index (χ1n) is 7.03. The molecule has 0 saturated carbocycles. The van der Waals surface area contributed by atoms with E-state index in [1.165, 1.54) is 0 Å². The van der Waals surface area contributed by atoms with E-state index in [9.17, 15) is 13.2 Å². The molecule has 1 heterocycles. The van der Waals surface area contributed by atoms with Crippen molar-refractivity contribution >= 4 is 15.6 Å². The van der Waals surface area contributed by atoms with Gasteiger partial charge in [-0.15, -0.1) is 0 Å². The molecule has 1 aromatic rings. The summed E-state index contributed by atoms with van der Waals surface area (Å²) in [6.07, 6.45) is 2.82. The van der Waals surface area contributed by atoms with E-state index in [-0.39, 0.29) is 11.5 Å². The topological polar surface area (TPSA) is 60.4 Å². The van der Waals surface area contributed by atoms with Gasteiger partial charge in [0.1, 0.15) is 11.0 Å². The smallest absolute Gasteiger partial charge is 0.180 e. The maximum atomic E-state index is 12.3. The Kier molecular flexibility index (Phi) is 4.81. The molecule has 1 aromatic carbocycles. The second-order valence-corrected chi connectivity index (χ2v) is 7.39. The number of hydrogen-bond donors (Lipinski definition) is 0. The van der Waals surface area contributed by atoms with Gasteiger partial charge in [-0.1, -0.05) is 13.3 Å². The zero-order chi connectivity index (χ0) is 14.6. The first-order chi connectivity index (χ1) is 9.54. The average molecular weight is 296 g/mol. The highest BCUT2D eigenvalue weighted by atomic mass is 32.2. The van der Waals surface area contributed by atoms with Gasteiger partial charge in [-0.25, -0.2) is 8.42 Å². The molecule has 0 aromatic heterocycles. The molecule has 0 radical (unpaired) electrons. The summed E-state index contributed by atoms with van der Waals surface area (Å²) in [5.74, 6) is 0.544. The van der Waals surface area contributed by atoms with Crippen molar-refractivity contribution in [3.8, 4) is 5.75 Å². The molecule has 1 atom stereocenters. The van der Waals surface area contributed by atoms with E-state index in [1.54, 1.807) is 24.3 Å². The molecule has 110 valence electrons. The molecule has 0 spiro atoms. The molecule has 1 aliphatic rings. The van der Waals surface area contributed by atoms with E-state index in [0.29, 0.717) is 30.8 Å². The minimum atomic E-state index is -3.28. The normalized spacial score (nSPS) is 21.4. The lowest BCUT2D eigenvalue weighted by atomic mass is 10.0. The van der Waals surface area contributed by atoms with Crippen molar-refractivity contribution in [2.75, 3.05) is 12.4 Å². The van der Waals surface area contributed by atoms with Crippen LogP contribution < -0.4 is 4.74 Å². The number of carbonyl (C=O) groups excluding carboxylic acids is 1. The Morgan fingerprint density at radius 2 is 1.95 bits per heavy atom. The molecule has 0 amide bonds. The van der Waals surface area contributed by atoms with Crippen LogP contribution in [0.25, 0.3) is 0 Å². The molecule has 1 aliphatic heterocycles. The number of Topliss-reactive ketones (excluding diaryl/α,β-unsaturated/α-hetero) is 1. The standard InChI is InChI=1S/C15H20O4S/c1-2-10-19-13-8-6-12(7-9-13)15(16)14-5-3-4-11-20(14,17)18/h6-9,14H,2-5,10-11H2,1H3. The van der Waals surface area contributed by atoms with E-state index < -0.39 is 15.1 Å². The van der Waals surface area contributed by atoms with Crippen LogP contribution in [0, 0.1) is 0 Å². The van der Waals surface area contributed by atoms with Crippen LogP contribution in [0.3, 0.4) is 0 Å². The van der Waals surface area contributed by atoms with Crippen molar-refractivity contribution in [1.29, 1.82) is 0 Å². The maximum absolute atomic E-state index is 12.3. The van der Waals surface area contributed by atoms with Gasteiger partial charge in [-0.2, -0.15) is 0 Å². The molecule has 5 heteroatoms. The Morgan fingerprint density at radius 1 is 1.25 bits per heavy atom. The number of benzene rings is 1. The van der Waals surface area contributed by atoms with Gasteiger partial charge in [0, 0.05) is 5.56 Å². The van der Waals surface area contributed by atoms with Gasteiger partial charge in [0.15, 0.2) is 15.6 Å². The van der Waals surface area contributed by atoms with Crippen molar-refractivity contribution in [2.24, 2.45) is 0 Å². The Labute approximate surface area is 120 Å². The molecule has 1 unspecified atom stereocenters. The summed E-state index contributed by atoms with van der Waals surface area (Å²) in [7, 11) is -3.28. The van der Waals surface area contributed by atoms with Crippen LogP contribution in [0.2, 0.25) is 0 Å². The minimum absolute atomic E-state index is 0.126. The Bertz CT molecular complexity index is 560. The van der Waals surface area contributed by atoms with Crippen molar-refractivity contribution in [1.82, 2.24) is 0 Å². The van der Waals surface area contributed by atoms with Crippen LogP contribution >= 0.6 is 0 Å². The van der Waals surface area contributed by atoms with Gasteiger partial charge in [-0.05, 0) is 43.5 Å². The second-order valence-electron chi connectivity index (χ2n) is 5.09. The molecule has 1 fully saturated rings. The number of sulfone groups is 1. The zero-order valence-electron chi connectivity index (χ0n) is 11.7. The maximum Gasteiger partial charge on any atom is 0.180 e. The summed E-state index contributed by atoms with van der Waals surface area (Å²) in [6, 6.07) is 6.74. The average Bonchev–Trinajstić information content (AvgIpc) is 2.44. The van der Waals surface area contributed by atoms with Crippen molar-refractivity contribution < 1.29 is 17.9 Å². The molecule has 4 nitrogen and oxygen atoms in total. The van der Waals surface area contributed by atoms with Crippen molar-refractivity contribution in [3.63, 3.8) is 0 Å². The first kappa shape index (κ1) is 15.0. The molecule has 20 heavy (non-hydrogen) atoms. The number of hydrogen-bond acceptors (Lipinski definition) is 4. The monoisotopic (exact) mass is 296 g/mol. The van der Waals surface area contributed by atoms with Gasteiger partial charge in [0.05, 0.1) is 12.4 Å². The second kappa shape index (κ2) is 6.39. The third kappa shape index (κ3) is 3.39. The van der Waals surface area contributed by atoms with Crippen LogP contribution in [0.1, 0.15) is 43.0 Å². The highest BCUT2D eigenvalue weighted by Gasteiger charge is 2.35. The number of rotatable bonds is 5. The zero-order valence-corrected chi connectivity index (χ0v) is 12.5. The van der Waals surface area contributed by atoms with E-state index in [2.05, 4.69) is 0 Å². The fraction of sp³-hybridized carbons (Fsp3) is 0.533. The fourth-order valence-corrected chi connectivity index (χ4v) is 4.25. The number of carbonyl (C=O) groups is 1. The number of ketones is 1. The van der Waals surface area contributed by atoms with Crippen LogP contribution in [0.4, 0.5) is 0 Å². The molecule has 2 rings (SSSR count). The lowest BCUT2D eigenvalue weighted by Gasteiger charge is -2.21. The third-order valence-corrected chi connectivity index (χ3v) is 5.66. The van der Waals surface area contributed by atoms with Gasteiger partial charge in [0.2, 0.25) is 0 Å². The lowest BCUT2D eigenvalue weighted by molar-refractivity contribution is 0.0981. The van der Waals surface area contributed by atoms with E-state index in [1.807, 2.05) is 6.92 Å². The highest BCUT2D eigenvalue weighted by Crippen LogP contribution is 2.24. The van der Waals surface area contributed by atoms with Crippen LogP contribution in [-0.2, 0) is 9.84 Å². The van der Waals surface area contributed by atoms with Crippen LogP contribution in [0.15, 0.2) is 24.3 Å². The highest BCUT2D eigenvalue weighted by molar-refractivity contribution is 7.92. The van der Waals surface area contributed by atoms with Crippen LogP contribution in [-0.4, -0.2) is 31.8 Å². The largest absolute Gasteiger partial charge is 0.494 e. The molecule has 0 aliphatic carbocycles. The van der Waals surface area contributed by atoms with E-state index >= 15 is 0 Å². The summed E-state index contributed by atoms with van der Waals surface area (Å²) >= 11 is 0. The Hall–Kier alpha value is -1.36. The van der Waals surface area contributed by atoms with Gasteiger partial charge in [0.25, 0.3) is 0 Å². The molecule has 0 bridgehead atoms. The molecule has 1 saturated heterocycles. The predicted octanol–water partition coefficient (Wildman–Crippen LogP) is 2.63. The molecular formula is C15H20O4S. The van der Waals surface area contributed by atoms with Crippen LogP contribution in [0.5, 0.6) is 5.75 Å². The SMILES string of the molecule is CCCOc1ccc(C(=O)C2CCCCS2(=O)=O)cc1. The van der Waals surface area contributed by atoms with Gasteiger partial charge in [-0.3, -0.25) is 4.79 Å². The first-order valence-corrected chi connectivity index (χ1v) is 8.75. The summed E-state index contributed by atoms with van der Waals surface area (Å²) < 4.78 is 29.4. The summed E-state index contributed by atoms with van der Waals surface area (Å²) in [5, 5.41) is -0.862. The molecule has 0 N–H and O–H groups in total. The number of ether oxygens (including phenoxy) is 1. The third-order valence-electron chi connectivity index (χ3n) is 3.48. The van der Waals surface area contributed by atoms with E-state index in [0.717, 1.165) is 12.8 Å².